The first-order chi connectivity index (χ1) is 7.21. The molecule has 0 amide bonds. The zero-order chi connectivity index (χ0) is 11.3. The van der Waals surface area contributed by atoms with Crippen LogP contribution in [-0.4, -0.2) is 54.4 Å². The highest BCUT2D eigenvalue weighted by Crippen LogP contribution is 2.16. The van der Waals surface area contributed by atoms with Crippen LogP contribution in [0, 0.1) is 0 Å². The molecule has 1 heterocycles. The Bertz CT molecular complexity index is 202. The van der Waals surface area contributed by atoms with Gasteiger partial charge in [-0.1, -0.05) is 20.4 Å². The number of rotatable bonds is 6. The second-order valence-electron chi connectivity index (χ2n) is 4.28. The highest BCUT2D eigenvalue weighted by molar-refractivity contribution is 6.19. The molecule has 0 saturated carbocycles. The molecule has 1 aliphatic rings. The van der Waals surface area contributed by atoms with Crippen molar-refractivity contribution in [2.75, 3.05) is 38.6 Å². The van der Waals surface area contributed by atoms with Crippen molar-refractivity contribution in [1.29, 1.82) is 0 Å². The zero-order valence-corrected chi connectivity index (χ0v) is 10.8. The van der Waals surface area contributed by atoms with Crippen molar-refractivity contribution in [2.24, 2.45) is 0 Å². The normalized spacial score (nSPS) is 22.5. The van der Waals surface area contributed by atoms with Gasteiger partial charge in [-0.25, -0.2) is 0 Å². The van der Waals surface area contributed by atoms with Crippen LogP contribution in [0.4, 0.5) is 0 Å². The van der Waals surface area contributed by atoms with Gasteiger partial charge in [0.2, 0.25) is 0 Å². The van der Waals surface area contributed by atoms with E-state index in [9.17, 15) is 0 Å². The van der Waals surface area contributed by atoms with Crippen molar-refractivity contribution in [3.8, 4) is 0 Å². The fourth-order valence-electron chi connectivity index (χ4n) is 2.35. The molecule has 88 valence electrons. The lowest BCUT2D eigenvalue weighted by molar-refractivity contribution is 0.214. The highest BCUT2D eigenvalue weighted by atomic mass is 35.5. The molecule has 3 heteroatoms. The minimum atomic E-state index is 0.590. The van der Waals surface area contributed by atoms with E-state index in [-0.39, 0.29) is 0 Å². The summed E-state index contributed by atoms with van der Waals surface area (Å²) in [7, 11) is 0. The third-order valence-electron chi connectivity index (χ3n) is 3.21. The largest absolute Gasteiger partial charge is 0.300 e. The highest BCUT2D eigenvalue weighted by Gasteiger charge is 2.25. The van der Waals surface area contributed by atoms with Gasteiger partial charge in [0, 0.05) is 31.6 Å². The quantitative estimate of drug-likeness (QED) is 0.510. The predicted molar refractivity (Wildman–Crippen MR) is 67.6 cm³/mol. The molecule has 0 bridgehead atoms. The van der Waals surface area contributed by atoms with Crippen LogP contribution >= 0.6 is 11.6 Å². The average molecular weight is 231 g/mol. The summed E-state index contributed by atoms with van der Waals surface area (Å²) in [5, 5.41) is 0. The van der Waals surface area contributed by atoms with Gasteiger partial charge in [-0.2, -0.15) is 0 Å². The van der Waals surface area contributed by atoms with Crippen molar-refractivity contribution in [3.05, 3.63) is 12.2 Å². The molecule has 15 heavy (non-hydrogen) atoms. The SMILES string of the molecule is C=C(CCl)CN1CCC(N(CC)CC)C1. The third-order valence-corrected chi connectivity index (χ3v) is 3.59. The minimum Gasteiger partial charge on any atom is -0.300 e. The number of halogens is 1. The fourth-order valence-corrected chi connectivity index (χ4v) is 2.44. The van der Waals surface area contributed by atoms with E-state index in [4.69, 9.17) is 11.6 Å². The summed E-state index contributed by atoms with van der Waals surface area (Å²) in [6.07, 6.45) is 1.29. The standard InChI is InChI=1S/C12H23ClN2/c1-4-15(5-2)12-6-7-14(10-12)9-11(3)8-13/h12H,3-10H2,1-2H3. The van der Waals surface area contributed by atoms with Crippen LogP contribution in [0.15, 0.2) is 12.2 Å². The molecule has 2 nitrogen and oxygen atoms in total. The van der Waals surface area contributed by atoms with Crippen LogP contribution in [-0.2, 0) is 0 Å². The molecule has 1 atom stereocenters. The average Bonchev–Trinajstić information content (AvgIpc) is 2.68. The molecule has 1 fully saturated rings. The Kier molecular flexibility index (Phi) is 5.65. The molecular formula is C12H23ClN2. The summed E-state index contributed by atoms with van der Waals surface area (Å²) in [6.45, 7) is 14.1. The first-order valence-corrected chi connectivity index (χ1v) is 6.43. The summed E-state index contributed by atoms with van der Waals surface area (Å²) in [5.41, 5.74) is 1.14. The summed E-state index contributed by atoms with van der Waals surface area (Å²) < 4.78 is 0. The second kappa shape index (κ2) is 6.51. The van der Waals surface area contributed by atoms with Crippen LogP contribution in [0.3, 0.4) is 0 Å². The predicted octanol–water partition coefficient (Wildman–Crippen LogP) is 2.20. The number of likely N-dealkylation sites (N-methyl/N-ethyl adjacent to an activating group) is 1. The zero-order valence-electron chi connectivity index (χ0n) is 10.0. The van der Waals surface area contributed by atoms with Gasteiger partial charge in [0.25, 0.3) is 0 Å². The van der Waals surface area contributed by atoms with Gasteiger partial charge in [-0.15, -0.1) is 11.6 Å². The van der Waals surface area contributed by atoms with Gasteiger partial charge >= 0.3 is 0 Å². The molecule has 1 aliphatic heterocycles. The Morgan fingerprint density at radius 1 is 1.47 bits per heavy atom. The molecule has 1 unspecified atom stereocenters. The van der Waals surface area contributed by atoms with Gasteiger partial charge in [0.1, 0.15) is 0 Å². The molecule has 1 rings (SSSR count). The molecule has 0 aromatic heterocycles. The Hall–Kier alpha value is -0.0500. The van der Waals surface area contributed by atoms with Gasteiger partial charge in [-0.05, 0) is 25.1 Å². The molecule has 0 spiro atoms. The lowest BCUT2D eigenvalue weighted by Crippen LogP contribution is -2.37. The Morgan fingerprint density at radius 2 is 2.13 bits per heavy atom. The summed E-state index contributed by atoms with van der Waals surface area (Å²) >= 11 is 5.75. The van der Waals surface area contributed by atoms with E-state index in [1.807, 2.05) is 0 Å². The maximum atomic E-state index is 5.75. The Morgan fingerprint density at radius 3 is 2.67 bits per heavy atom. The van der Waals surface area contributed by atoms with Crippen LogP contribution in [0.5, 0.6) is 0 Å². The molecular weight excluding hydrogens is 208 g/mol. The van der Waals surface area contributed by atoms with E-state index in [0.717, 1.165) is 31.2 Å². The molecule has 0 aromatic carbocycles. The second-order valence-corrected chi connectivity index (χ2v) is 4.55. The van der Waals surface area contributed by atoms with Crippen LogP contribution in [0.1, 0.15) is 20.3 Å². The summed E-state index contributed by atoms with van der Waals surface area (Å²) in [5.74, 6) is 0.590. The lowest BCUT2D eigenvalue weighted by atomic mass is 10.2. The minimum absolute atomic E-state index is 0.590. The number of likely N-dealkylation sites (tertiary alicyclic amines) is 1. The van der Waals surface area contributed by atoms with Gasteiger partial charge < -0.3 is 0 Å². The van der Waals surface area contributed by atoms with E-state index >= 15 is 0 Å². The lowest BCUT2D eigenvalue weighted by Gasteiger charge is -2.26. The molecule has 1 saturated heterocycles. The molecule has 0 aromatic rings. The summed E-state index contributed by atoms with van der Waals surface area (Å²) in [6, 6.07) is 0.739. The van der Waals surface area contributed by atoms with E-state index in [0.29, 0.717) is 5.88 Å². The monoisotopic (exact) mass is 230 g/mol. The van der Waals surface area contributed by atoms with E-state index in [1.54, 1.807) is 0 Å². The van der Waals surface area contributed by atoms with Crippen molar-refractivity contribution >= 4 is 11.6 Å². The number of hydrogen-bond donors (Lipinski definition) is 0. The van der Waals surface area contributed by atoms with Gasteiger partial charge in [0.15, 0.2) is 0 Å². The smallest absolute Gasteiger partial charge is 0.0443 e. The number of nitrogens with zero attached hydrogens (tertiary/aromatic N) is 2. The molecule has 0 aliphatic carbocycles. The van der Waals surface area contributed by atoms with Crippen molar-refractivity contribution in [3.63, 3.8) is 0 Å². The number of alkyl halides is 1. The van der Waals surface area contributed by atoms with Gasteiger partial charge in [-0.3, -0.25) is 9.80 Å². The van der Waals surface area contributed by atoms with E-state index < -0.39 is 0 Å². The number of hydrogen-bond acceptors (Lipinski definition) is 2. The van der Waals surface area contributed by atoms with Crippen LogP contribution < -0.4 is 0 Å². The van der Waals surface area contributed by atoms with Crippen molar-refractivity contribution in [2.45, 2.75) is 26.3 Å². The van der Waals surface area contributed by atoms with E-state index in [1.165, 1.54) is 19.5 Å². The van der Waals surface area contributed by atoms with Crippen LogP contribution in [0.25, 0.3) is 0 Å². The van der Waals surface area contributed by atoms with E-state index in [2.05, 4.69) is 30.2 Å². The summed E-state index contributed by atoms with van der Waals surface area (Å²) in [4.78, 5) is 5.01. The maximum absolute atomic E-state index is 5.75. The third kappa shape index (κ3) is 3.78. The maximum Gasteiger partial charge on any atom is 0.0443 e. The molecule has 0 radical (unpaired) electrons. The topological polar surface area (TPSA) is 6.48 Å². The molecule has 0 N–H and O–H groups in total. The first-order valence-electron chi connectivity index (χ1n) is 5.90. The fraction of sp³-hybridized carbons (Fsp3) is 0.833. The van der Waals surface area contributed by atoms with Crippen LogP contribution in [0.2, 0.25) is 0 Å². The Labute approximate surface area is 98.9 Å². The van der Waals surface area contributed by atoms with Crippen molar-refractivity contribution in [1.82, 2.24) is 9.80 Å². The Balaban J connectivity index is 2.34. The van der Waals surface area contributed by atoms with Gasteiger partial charge in [0.05, 0.1) is 0 Å². The van der Waals surface area contributed by atoms with Crippen molar-refractivity contribution < 1.29 is 0 Å². The first kappa shape index (κ1) is 13.0.